The fourth-order valence-corrected chi connectivity index (χ4v) is 0.884. The van der Waals surface area contributed by atoms with Crippen molar-refractivity contribution >= 4 is 0 Å². The Morgan fingerprint density at radius 1 is 1.00 bits per heavy atom. The highest BCUT2D eigenvalue weighted by Gasteiger charge is 1.92. The third kappa shape index (κ3) is 3.20. The lowest BCUT2D eigenvalue weighted by Gasteiger charge is -1.99. The van der Waals surface area contributed by atoms with Crippen molar-refractivity contribution < 1.29 is 0 Å². The maximum absolute atomic E-state index is 3.74. The second-order valence-corrected chi connectivity index (χ2v) is 2.30. The van der Waals surface area contributed by atoms with Gasteiger partial charge < -0.3 is 0 Å². The van der Waals surface area contributed by atoms with Crippen molar-refractivity contribution in [3.63, 3.8) is 0 Å². The smallest absolute Gasteiger partial charge is 0.0194 e. The molecule has 0 fully saturated rings. The predicted molar refractivity (Wildman–Crippen MR) is 57.0 cm³/mol. The minimum absolute atomic E-state index is 1.10. The molecule has 0 unspecified atom stereocenters. The summed E-state index contributed by atoms with van der Waals surface area (Å²) in [6.45, 7) is 11.4. The first kappa shape index (κ1) is 10.7. The molecule has 0 aromatic carbocycles. The van der Waals surface area contributed by atoms with Crippen LogP contribution < -0.4 is 0 Å². The van der Waals surface area contributed by atoms with Gasteiger partial charge in [0.1, 0.15) is 0 Å². The molecule has 0 rings (SSSR count). The number of rotatable bonds is 4. The Morgan fingerprint density at radius 3 is 1.92 bits per heavy atom. The van der Waals surface area contributed by atoms with Crippen molar-refractivity contribution in [2.45, 2.75) is 13.8 Å². The summed E-state index contributed by atoms with van der Waals surface area (Å²) in [6, 6.07) is 0. The highest BCUT2D eigenvalue weighted by Crippen LogP contribution is 2.11. The molecule has 0 saturated carbocycles. The molecule has 0 aliphatic carbocycles. The van der Waals surface area contributed by atoms with Gasteiger partial charge in [-0.15, -0.1) is 0 Å². The summed E-state index contributed by atoms with van der Waals surface area (Å²) >= 11 is 0. The van der Waals surface area contributed by atoms with Gasteiger partial charge in [0, 0.05) is 0 Å². The summed E-state index contributed by atoms with van der Waals surface area (Å²) in [6.07, 6.45) is 11.7. The number of hydrogen-bond donors (Lipinski definition) is 0. The van der Waals surface area contributed by atoms with E-state index in [2.05, 4.69) is 13.2 Å². The maximum Gasteiger partial charge on any atom is -0.0194 e. The average Bonchev–Trinajstić information content (AvgIpc) is 2.12. The molecule has 0 nitrogen and oxygen atoms in total. The zero-order valence-corrected chi connectivity index (χ0v) is 7.88. The van der Waals surface area contributed by atoms with E-state index in [0.717, 1.165) is 11.1 Å². The Labute approximate surface area is 75.3 Å². The van der Waals surface area contributed by atoms with E-state index in [0.29, 0.717) is 0 Å². The van der Waals surface area contributed by atoms with Gasteiger partial charge >= 0.3 is 0 Å². The molecule has 0 heterocycles. The quantitative estimate of drug-likeness (QED) is 0.549. The Morgan fingerprint density at radius 2 is 1.58 bits per heavy atom. The molecular weight excluding hydrogens is 144 g/mol. The predicted octanol–water partition coefficient (Wildman–Crippen LogP) is 3.81. The lowest BCUT2D eigenvalue weighted by atomic mass is 10.1. The van der Waals surface area contributed by atoms with E-state index in [4.69, 9.17) is 0 Å². The third-order valence-electron chi connectivity index (χ3n) is 1.55. The molecule has 0 aliphatic heterocycles. The topological polar surface area (TPSA) is 0 Å². The first-order valence-electron chi connectivity index (χ1n) is 4.04. The molecule has 0 bridgehead atoms. The lowest BCUT2D eigenvalue weighted by molar-refractivity contribution is 1.51. The van der Waals surface area contributed by atoms with Gasteiger partial charge in [0.2, 0.25) is 0 Å². The molecule has 0 amide bonds. The van der Waals surface area contributed by atoms with Crippen LogP contribution >= 0.6 is 0 Å². The molecular formula is C12H16. The summed E-state index contributed by atoms with van der Waals surface area (Å²) in [4.78, 5) is 0. The lowest BCUT2D eigenvalue weighted by Crippen LogP contribution is -1.80. The van der Waals surface area contributed by atoms with E-state index < -0.39 is 0 Å². The largest absolute Gasteiger partial charge is 0.0985 e. The zero-order chi connectivity index (χ0) is 9.40. The molecule has 0 N–H and O–H groups in total. The molecule has 0 atom stereocenters. The fraction of sp³-hybridized carbons (Fsp3) is 0.167. The molecule has 0 radical (unpaired) electrons. The van der Waals surface area contributed by atoms with Crippen molar-refractivity contribution in [2.24, 2.45) is 0 Å². The molecule has 64 valence electrons. The van der Waals surface area contributed by atoms with E-state index in [1.54, 1.807) is 0 Å². The Kier molecular flexibility index (Phi) is 5.72. The molecule has 0 heteroatoms. The van der Waals surface area contributed by atoms with Crippen LogP contribution in [-0.2, 0) is 0 Å². The standard InChI is InChI=1S/C12H16/c1-5-9-10-12(8-4)11(6-2)7-3/h5-10H,2,4H2,1,3H3/b9-5-,11-7+,12-10+. The Balaban J connectivity index is 4.76. The molecule has 0 spiro atoms. The number of allylic oxidation sites excluding steroid dienone is 8. The molecule has 0 aromatic rings. The first-order valence-corrected chi connectivity index (χ1v) is 4.04. The Bertz CT molecular complexity index is 237. The minimum atomic E-state index is 1.10. The zero-order valence-electron chi connectivity index (χ0n) is 7.88. The van der Waals surface area contributed by atoms with Crippen LogP contribution in [0.2, 0.25) is 0 Å². The van der Waals surface area contributed by atoms with Crippen LogP contribution in [0.4, 0.5) is 0 Å². The van der Waals surface area contributed by atoms with Gasteiger partial charge in [0.05, 0.1) is 0 Å². The van der Waals surface area contributed by atoms with Crippen LogP contribution in [-0.4, -0.2) is 0 Å². The average molecular weight is 160 g/mol. The van der Waals surface area contributed by atoms with E-state index in [1.807, 2.05) is 50.3 Å². The van der Waals surface area contributed by atoms with E-state index in [-0.39, 0.29) is 0 Å². The second kappa shape index (κ2) is 6.41. The van der Waals surface area contributed by atoms with Gasteiger partial charge in [-0.05, 0) is 25.0 Å². The normalized spacial score (nSPS) is 13.5. The highest BCUT2D eigenvalue weighted by molar-refractivity contribution is 5.46. The number of hydrogen-bond acceptors (Lipinski definition) is 0. The summed E-state index contributed by atoms with van der Waals surface area (Å²) in [5, 5.41) is 0. The minimum Gasteiger partial charge on any atom is -0.0985 e. The molecule has 0 saturated heterocycles. The third-order valence-corrected chi connectivity index (χ3v) is 1.55. The maximum atomic E-state index is 3.74. The van der Waals surface area contributed by atoms with Crippen LogP contribution in [0.5, 0.6) is 0 Å². The van der Waals surface area contributed by atoms with Crippen molar-refractivity contribution in [3.05, 3.63) is 60.8 Å². The van der Waals surface area contributed by atoms with Crippen LogP contribution in [0.15, 0.2) is 60.8 Å². The van der Waals surface area contributed by atoms with Crippen LogP contribution in [0.25, 0.3) is 0 Å². The Hall–Kier alpha value is -1.30. The van der Waals surface area contributed by atoms with Gasteiger partial charge in [0.15, 0.2) is 0 Å². The van der Waals surface area contributed by atoms with Crippen molar-refractivity contribution in [2.75, 3.05) is 0 Å². The first-order chi connectivity index (χ1) is 5.79. The molecule has 0 aliphatic rings. The summed E-state index contributed by atoms with van der Waals surface area (Å²) < 4.78 is 0. The van der Waals surface area contributed by atoms with Crippen molar-refractivity contribution in [1.82, 2.24) is 0 Å². The van der Waals surface area contributed by atoms with E-state index in [1.165, 1.54) is 0 Å². The van der Waals surface area contributed by atoms with Gasteiger partial charge in [-0.2, -0.15) is 0 Å². The van der Waals surface area contributed by atoms with Crippen LogP contribution in [0, 0.1) is 0 Å². The SMILES string of the molecule is C=CC(=C\C)/C(C=C)=C/C=C\C. The second-order valence-electron chi connectivity index (χ2n) is 2.30. The van der Waals surface area contributed by atoms with E-state index in [9.17, 15) is 0 Å². The van der Waals surface area contributed by atoms with Gasteiger partial charge in [-0.1, -0.05) is 49.6 Å². The van der Waals surface area contributed by atoms with Gasteiger partial charge in [-0.25, -0.2) is 0 Å². The van der Waals surface area contributed by atoms with Crippen LogP contribution in [0.1, 0.15) is 13.8 Å². The van der Waals surface area contributed by atoms with Crippen molar-refractivity contribution in [3.8, 4) is 0 Å². The van der Waals surface area contributed by atoms with E-state index >= 15 is 0 Å². The fourth-order valence-electron chi connectivity index (χ4n) is 0.884. The molecule has 0 aromatic heterocycles. The van der Waals surface area contributed by atoms with Crippen molar-refractivity contribution in [1.29, 1.82) is 0 Å². The molecule has 12 heavy (non-hydrogen) atoms. The highest BCUT2D eigenvalue weighted by atomic mass is 14.0. The van der Waals surface area contributed by atoms with Gasteiger partial charge in [0.25, 0.3) is 0 Å². The monoisotopic (exact) mass is 160 g/mol. The van der Waals surface area contributed by atoms with Gasteiger partial charge in [-0.3, -0.25) is 0 Å². The van der Waals surface area contributed by atoms with Crippen LogP contribution in [0.3, 0.4) is 0 Å². The summed E-state index contributed by atoms with van der Waals surface area (Å²) in [5.74, 6) is 0. The summed E-state index contributed by atoms with van der Waals surface area (Å²) in [5.41, 5.74) is 2.22. The summed E-state index contributed by atoms with van der Waals surface area (Å²) in [7, 11) is 0.